The molecule has 0 N–H and O–H groups in total. The fraction of sp³-hybridized carbons (Fsp3) is 0.120. The summed E-state index contributed by atoms with van der Waals surface area (Å²) in [4.78, 5) is 39.3. The highest BCUT2D eigenvalue weighted by Gasteiger charge is 2.42. The number of amides is 1. The summed E-state index contributed by atoms with van der Waals surface area (Å²) < 4.78 is 11.8. The van der Waals surface area contributed by atoms with Gasteiger partial charge >= 0.3 is 0 Å². The van der Waals surface area contributed by atoms with Crippen molar-refractivity contribution in [3.63, 3.8) is 0 Å². The molecular formula is C25H17BrN2O6. The third kappa shape index (κ3) is 3.63. The molecular weight excluding hydrogens is 504 g/mol. The summed E-state index contributed by atoms with van der Waals surface area (Å²) in [7, 11) is 1.57. The molecule has 0 unspecified atom stereocenters. The Balaban J connectivity index is 1.68. The lowest BCUT2D eigenvalue weighted by Gasteiger charge is -2.25. The predicted octanol–water partition coefficient (Wildman–Crippen LogP) is 5.22. The Kier molecular flexibility index (Phi) is 5.41. The molecule has 9 heteroatoms. The molecule has 0 aliphatic carbocycles. The van der Waals surface area contributed by atoms with Gasteiger partial charge in [0.15, 0.2) is 5.43 Å². The summed E-state index contributed by atoms with van der Waals surface area (Å²) in [5.74, 6) is 0.244. The number of methoxy groups -OCH3 is 1. The van der Waals surface area contributed by atoms with Crippen LogP contribution in [0.15, 0.2) is 80.4 Å². The molecule has 1 aliphatic rings. The summed E-state index contributed by atoms with van der Waals surface area (Å²) in [6, 6.07) is 17.4. The Bertz CT molecular complexity index is 1500. The number of benzene rings is 3. The van der Waals surface area contributed by atoms with E-state index in [-0.39, 0.29) is 29.0 Å². The molecule has 170 valence electrons. The molecule has 0 fully saturated rings. The van der Waals surface area contributed by atoms with E-state index in [2.05, 4.69) is 15.9 Å². The lowest BCUT2D eigenvalue weighted by Crippen LogP contribution is -2.29. The number of carbonyl (C=O) groups excluding carboxylic acids is 1. The molecule has 2 heterocycles. The minimum absolute atomic E-state index is 0.0170. The maximum absolute atomic E-state index is 13.6. The molecule has 1 aliphatic heterocycles. The second-order valence-electron chi connectivity index (χ2n) is 7.85. The number of halogens is 1. The van der Waals surface area contributed by atoms with E-state index in [9.17, 15) is 19.7 Å². The molecule has 0 saturated carbocycles. The topological polar surface area (TPSA) is 103 Å². The van der Waals surface area contributed by atoms with Gasteiger partial charge in [0, 0.05) is 23.2 Å². The molecule has 1 amide bonds. The van der Waals surface area contributed by atoms with Crippen LogP contribution in [0, 0.1) is 10.1 Å². The Hall–Kier alpha value is -3.98. The van der Waals surface area contributed by atoms with Gasteiger partial charge < -0.3 is 14.1 Å². The van der Waals surface area contributed by atoms with Crippen LogP contribution >= 0.6 is 15.9 Å². The molecule has 5 rings (SSSR count). The van der Waals surface area contributed by atoms with Crippen molar-refractivity contribution in [1.82, 2.24) is 4.90 Å². The van der Waals surface area contributed by atoms with E-state index in [1.807, 2.05) is 12.1 Å². The minimum atomic E-state index is -0.759. The molecule has 3 aromatic carbocycles. The highest BCUT2D eigenvalue weighted by atomic mass is 79.9. The van der Waals surface area contributed by atoms with Crippen LogP contribution in [0.25, 0.3) is 11.0 Å². The minimum Gasteiger partial charge on any atom is -0.497 e. The van der Waals surface area contributed by atoms with Crippen molar-refractivity contribution in [3.05, 3.63) is 114 Å². The first-order chi connectivity index (χ1) is 16.4. The zero-order chi connectivity index (χ0) is 24.0. The monoisotopic (exact) mass is 520 g/mol. The molecule has 34 heavy (non-hydrogen) atoms. The van der Waals surface area contributed by atoms with Crippen LogP contribution in [0.4, 0.5) is 5.69 Å². The van der Waals surface area contributed by atoms with Crippen molar-refractivity contribution >= 4 is 38.5 Å². The van der Waals surface area contributed by atoms with Crippen LogP contribution in [0.1, 0.15) is 33.3 Å². The predicted molar refractivity (Wildman–Crippen MR) is 128 cm³/mol. The quantitative estimate of drug-likeness (QED) is 0.264. The van der Waals surface area contributed by atoms with Crippen LogP contribution in [-0.4, -0.2) is 22.8 Å². The number of hydrogen-bond acceptors (Lipinski definition) is 6. The van der Waals surface area contributed by atoms with Crippen LogP contribution in [-0.2, 0) is 6.54 Å². The van der Waals surface area contributed by atoms with Gasteiger partial charge in [0.2, 0.25) is 5.76 Å². The highest BCUT2D eigenvalue weighted by Crippen LogP contribution is 2.39. The lowest BCUT2D eigenvalue weighted by atomic mass is 9.98. The SMILES string of the molecule is COc1ccc(CN2C(=O)c3oc4ccc(Br)cc4c(=O)c3[C@H]2c2ccc([N+](=O)[O-])cc2)cc1. The van der Waals surface area contributed by atoms with Crippen molar-refractivity contribution < 1.29 is 18.9 Å². The number of carbonyl (C=O) groups is 1. The summed E-state index contributed by atoms with van der Waals surface area (Å²) in [5, 5.41) is 11.5. The van der Waals surface area contributed by atoms with Gasteiger partial charge in [0.25, 0.3) is 11.6 Å². The number of rotatable bonds is 5. The zero-order valence-corrected chi connectivity index (χ0v) is 19.4. The third-order valence-electron chi connectivity index (χ3n) is 5.86. The smallest absolute Gasteiger partial charge is 0.291 e. The molecule has 4 aromatic rings. The van der Waals surface area contributed by atoms with E-state index < -0.39 is 16.9 Å². The largest absolute Gasteiger partial charge is 0.497 e. The Morgan fingerprint density at radius 3 is 2.41 bits per heavy atom. The first-order valence-electron chi connectivity index (χ1n) is 10.3. The molecule has 8 nitrogen and oxygen atoms in total. The number of hydrogen-bond donors (Lipinski definition) is 0. The van der Waals surface area contributed by atoms with Gasteiger partial charge in [-0.1, -0.05) is 28.1 Å². The lowest BCUT2D eigenvalue weighted by molar-refractivity contribution is -0.384. The van der Waals surface area contributed by atoms with E-state index in [1.54, 1.807) is 54.5 Å². The standard InChI is InChI=1S/C25H17BrN2O6/c1-33-18-9-2-14(3-10-18)13-27-22(15-4-7-17(8-5-15)28(31)32)21-23(29)19-12-16(26)6-11-20(19)34-24(21)25(27)30/h2-12,22H,13H2,1H3/t22-/m1/s1. The number of non-ortho nitro benzene ring substituents is 1. The summed E-state index contributed by atoms with van der Waals surface area (Å²) >= 11 is 3.38. The maximum atomic E-state index is 13.6. The maximum Gasteiger partial charge on any atom is 0.291 e. The van der Waals surface area contributed by atoms with Gasteiger partial charge in [0.1, 0.15) is 11.3 Å². The average Bonchev–Trinajstić information content (AvgIpc) is 3.12. The second-order valence-corrected chi connectivity index (χ2v) is 8.76. The van der Waals surface area contributed by atoms with Gasteiger partial charge in [-0.25, -0.2) is 0 Å². The third-order valence-corrected chi connectivity index (χ3v) is 6.35. The normalized spacial score (nSPS) is 14.9. The van der Waals surface area contributed by atoms with Gasteiger partial charge in [0.05, 0.1) is 29.0 Å². The van der Waals surface area contributed by atoms with Crippen LogP contribution < -0.4 is 10.2 Å². The van der Waals surface area contributed by atoms with Crippen molar-refractivity contribution in [2.45, 2.75) is 12.6 Å². The summed E-state index contributed by atoms with van der Waals surface area (Å²) in [5.41, 5.74) is 1.55. The first kappa shape index (κ1) is 21.8. The molecule has 1 atom stereocenters. The highest BCUT2D eigenvalue weighted by molar-refractivity contribution is 9.10. The van der Waals surface area contributed by atoms with E-state index in [0.29, 0.717) is 26.8 Å². The average molecular weight is 521 g/mol. The first-order valence-corrected chi connectivity index (χ1v) is 11.1. The number of nitro groups is 1. The summed E-state index contributed by atoms with van der Waals surface area (Å²) in [6.45, 7) is 0.203. The molecule has 0 saturated heterocycles. The van der Waals surface area contributed by atoms with E-state index in [4.69, 9.17) is 9.15 Å². The van der Waals surface area contributed by atoms with Crippen LogP contribution in [0.2, 0.25) is 0 Å². The number of fused-ring (bicyclic) bond motifs is 2. The number of nitro benzene ring substituents is 1. The van der Waals surface area contributed by atoms with Gasteiger partial charge in [-0.3, -0.25) is 19.7 Å². The van der Waals surface area contributed by atoms with E-state index in [1.165, 1.54) is 12.1 Å². The Labute approximate surface area is 201 Å². The fourth-order valence-electron chi connectivity index (χ4n) is 4.21. The van der Waals surface area contributed by atoms with Crippen LogP contribution in [0.3, 0.4) is 0 Å². The van der Waals surface area contributed by atoms with Gasteiger partial charge in [-0.15, -0.1) is 0 Å². The molecule has 0 bridgehead atoms. The van der Waals surface area contributed by atoms with E-state index in [0.717, 1.165) is 5.56 Å². The van der Waals surface area contributed by atoms with Crippen molar-refractivity contribution in [3.8, 4) is 5.75 Å². The van der Waals surface area contributed by atoms with Crippen molar-refractivity contribution in [2.24, 2.45) is 0 Å². The Morgan fingerprint density at radius 2 is 1.76 bits per heavy atom. The Morgan fingerprint density at radius 1 is 1.06 bits per heavy atom. The van der Waals surface area contributed by atoms with Gasteiger partial charge in [-0.2, -0.15) is 0 Å². The number of nitrogens with zero attached hydrogens (tertiary/aromatic N) is 2. The number of ether oxygens (including phenoxy) is 1. The van der Waals surface area contributed by atoms with Gasteiger partial charge in [-0.05, 0) is 53.6 Å². The zero-order valence-electron chi connectivity index (χ0n) is 17.9. The van der Waals surface area contributed by atoms with Crippen molar-refractivity contribution in [2.75, 3.05) is 7.11 Å². The van der Waals surface area contributed by atoms with Crippen molar-refractivity contribution in [1.29, 1.82) is 0 Å². The second kappa shape index (κ2) is 8.42. The fourth-order valence-corrected chi connectivity index (χ4v) is 4.57. The van der Waals surface area contributed by atoms with Crippen LogP contribution in [0.5, 0.6) is 5.75 Å². The molecule has 1 aromatic heterocycles. The van der Waals surface area contributed by atoms with E-state index >= 15 is 0 Å². The molecule has 0 radical (unpaired) electrons. The summed E-state index contributed by atoms with van der Waals surface area (Å²) in [6.07, 6.45) is 0. The molecule has 0 spiro atoms.